The summed E-state index contributed by atoms with van der Waals surface area (Å²) in [6.45, 7) is 0. The SMILES string of the molecule is O=C(N/N=C/c1ccc(Cl)s1)c1ccc(Cl)c(Cl)c1. The topological polar surface area (TPSA) is 41.5 Å². The largest absolute Gasteiger partial charge is 0.271 e. The second-order valence-corrected chi connectivity index (χ2v) is 6.03. The van der Waals surface area contributed by atoms with Crippen LogP contribution in [0, 0.1) is 0 Å². The Kier molecular flexibility index (Phi) is 4.82. The van der Waals surface area contributed by atoms with Crippen LogP contribution in [-0.4, -0.2) is 12.1 Å². The van der Waals surface area contributed by atoms with Crippen molar-refractivity contribution < 1.29 is 4.79 Å². The molecule has 98 valence electrons. The summed E-state index contributed by atoms with van der Waals surface area (Å²) in [5, 5.41) is 4.56. The van der Waals surface area contributed by atoms with E-state index in [1.54, 1.807) is 18.2 Å². The molecule has 2 rings (SSSR count). The number of hydrogen-bond acceptors (Lipinski definition) is 3. The number of carbonyl (C=O) groups excluding carboxylic acids is 1. The van der Waals surface area contributed by atoms with Gasteiger partial charge in [0.1, 0.15) is 0 Å². The van der Waals surface area contributed by atoms with Gasteiger partial charge in [0.2, 0.25) is 0 Å². The molecule has 1 aromatic carbocycles. The zero-order chi connectivity index (χ0) is 13.8. The molecule has 0 bridgehead atoms. The fourth-order valence-electron chi connectivity index (χ4n) is 1.25. The molecule has 1 amide bonds. The molecule has 0 atom stereocenters. The summed E-state index contributed by atoms with van der Waals surface area (Å²) in [7, 11) is 0. The molecule has 0 aliphatic carbocycles. The van der Waals surface area contributed by atoms with Crippen molar-refractivity contribution in [2.75, 3.05) is 0 Å². The van der Waals surface area contributed by atoms with E-state index >= 15 is 0 Å². The van der Waals surface area contributed by atoms with Gasteiger partial charge in [-0.1, -0.05) is 34.8 Å². The highest BCUT2D eigenvalue weighted by Crippen LogP contribution is 2.22. The Labute approximate surface area is 128 Å². The molecule has 2 aromatic rings. The van der Waals surface area contributed by atoms with Crippen LogP contribution in [-0.2, 0) is 0 Å². The number of benzene rings is 1. The Bertz CT molecular complexity index is 640. The van der Waals surface area contributed by atoms with Gasteiger partial charge >= 0.3 is 0 Å². The number of rotatable bonds is 3. The van der Waals surface area contributed by atoms with Gasteiger partial charge in [-0.25, -0.2) is 5.43 Å². The molecular formula is C12H7Cl3N2OS. The number of halogens is 3. The summed E-state index contributed by atoms with van der Waals surface area (Å²) in [6, 6.07) is 8.18. The molecule has 7 heteroatoms. The van der Waals surface area contributed by atoms with E-state index in [0.717, 1.165) is 4.88 Å². The summed E-state index contributed by atoms with van der Waals surface area (Å²) < 4.78 is 0.664. The molecule has 0 saturated heterocycles. The van der Waals surface area contributed by atoms with Crippen molar-refractivity contribution >= 4 is 58.3 Å². The Morgan fingerprint density at radius 3 is 2.58 bits per heavy atom. The molecule has 0 radical (unpaired) electrons. The first-order valence-electron chi connectivity index (χ1n) is 5.10. The van der Waals surface area contributed by atoms with Crippen LogP contribution in [0.4, 0.5) is 0 Å². The number of nitrogens with one attached hydrogen (secondary N) is 1. The Morgan fingerprint density at radius 2 is 1.95 bits per heavy atom. The summed E-state index contributed by atoms with van der Waals surface area (Å²) in [5.74, 6) is -0.363. The van der Waals surface area contributed by atoms with E-state index in [1.807, 2.05) is 6.07 Å². The molecule has 1 heterocycles. The first-order chi connectivity index (χ1) is 9.06. The highest BCUT2D eigenvalue weighted by molar-refractivity contribution is 7.17. The van der Waals surface area contributed by atoms with E-state index in [0.29, 0.717) is 19.9 Å². The average Bonchev–Trinajstić information content (AvgIpc) is 2.78. The van der Waals surface area contributed by atoms with Crippen LogP contribution in [0.3, 0.4) is 0 Å². The van der Waals surface area contributed by atoms with Crippen LogP contribution >= 0.6 is 46.1 Å². The van der Waals surface area contributed by atoms with E-state index in [1.165, 1.54) is 23.6 Å². The van der Waals surface area contributed by atoms with Crippen molar-refractivity contribution in [3.63, 3.8) is 0 Å². The molecule has 1 N–H and O–H groups in total. The van der Waals surface area contributed by atoms with Gasteiger partial charge in [0, 0.05) is 10.4 Å². The lowest BCUT2D eigenvalue weighted by Crippen LogP contribution is -2.17. The maximum atomic E-state index is 11.8. The Balaban J connectivity index is 2.01. The van der Waals surface area contributed by atoms with Crippen LogP contribution < -0.4 is 5.43 Å². The second-order valence-electron chi connectivity index (χ2n) is 3.47. The highest BCUT2D eigenvalue weighted by Gasteiger charge is 2.06. The minimum Gasteiger partial charge on any atom is -0.267 e. The first-order valence-corrected chi connectivity index (χ1v) is 7.05. The van der Waals surface area contributed by atoms with Gasteiger partial charge in [0.05, 0.1) is 20.6 Å². The van der Waals surface area contributed by atoms with Crippen LogP contribution in [0.1, 0.15) is 15.2 Å². The highest BCUT2D eigenvalue weighted by atomic mass is 35.5. The number of nitrogens with zero attached hydrogens (tertiary/aromatic N) is 1. The van der Waals surface area contributed by atoms with E-state index in [4.69, 9.17) is 34.8 Å². The average molecular weight is 334 g/mol. The number of amides is 1. The predicted octanol–water partition coefficient (Wildman–Crippen LogP) is 4.47. The van der Waals surface area contributed by atoms with Gasteiger partial charge in [0.25, 0.3) is 5.91 Å². The van der Waals surface area contributed by atoms with Gasteiger partial charge in [-0.3, -0.25) is 4.79 Å². The zero-order valence-electron chi connectivity index (χ0n) is 9.36. The molecular weight excluding hydrogens is 327 g/mol. The lowest BCUT2D eigenvalue weighted by Gasteiger charge is -2.01. The lowest BCUT2D eigenvalue weighted by molar-refractivity contribution is 0.0955. The summed E-state index contributed by atoms with van der Waals surface area (Å²) >= 11 is 18.7. The van der Waals surface area contributed by atoms with Crippen molar-refractivity contribution in [1.82, 2.24) is 5.43 Å². The summed E-state index contributed by atoms with van der Waals surface area (Å²) in [5.41, 5.74) is 2.78. The van der Waals surface area contributed by atoms with Crippen LogP contribution in [0.5, 0.6) is 0 Å². The fraction of sp³-hybridized carbons (Fsp3) is 0. The normalized spacial score (nSPS) is 10.9. The number of hydrogen-bond donors (Lipinski definition) is 1. The number of hydrazone groups is 1. The fourth-order valence-corrected chi connectivity index (χ4v) is 2.49. The van der Waals surface area contributed by atoms with E-state index < -0.39 is 0 Å². The standard InChI is InChI=1S/C12H7Cl3N2OS/c13-9-3-1-7(5-10(9)14)12(18)17-16-6-8-2-4-11(15)19-8/h1-6H,(H,17,18)/b16-6+. The van der Waals surface area contributed by atoms with E-state index in [9.17, 15) is 4.79 Å². The smallest absolute Gasteiger partial charge is 0.267 e. The van der Waals surface area contributed by atoms with Gasteiger partial charge in [0.15, 0.2) is 0 Å². The zero-order valence-corrected chi connectivity index (χ0v) is 12.4. The molecule has 1 aromatic heterocycles. The third kappa shape index (κ3) is 3.94. The van der Waals surface area contributed by atoms with Crippen molar-refractivity contribution in [1.29, 1.82) is 0 Å². The second kappa shape index (κ2) is 6.39. The lowest BCUT2D eigenvalue weighted by atomic mass is 10.2. The molecule has 0 aliphatic heterocycles. The maximum Gasteiger partial charge on any atom is 0.271 e. The van der Waals surface area contributed by atoms with Crippen molar-refractivity contribution in [3.8, 4) is 0 Å². The monoisotopic (exact) mass is 332 g/mol. The molecule has 0 unspecified atom stereocenters. The van der Waals surface area contributed by atoms with Crippen molar-refractivity contribution in [3.05, 3.63) is 55.2 Å². The third-order valence-electron chi connectivity index (χ3n) is 2.13. The van der Waals surface area contributed by atoms with Crippen LogP contribution in [0.15, 0.2) is 35.4 Å². The van der Waals surface area contributed by atoms with Crippen LogP contribution in [0.25, 0.3) is 0 Å². The molecule has 0 fully saturated rings. The maximum absolute atomic E-state index is 11.8. The molecule has 3 nitrogen and oxygen atoms in total. The first kappa shape index (κ1) is 14.3. The van der Waals surface area contributed by atoms with E-state index in [2.05, 4.69) is 10.5 Å². The Morgan fingerprint density at radius 1 is 1.16 bits per heavy atom. The van der Waals surface area contributed by atoms with Gasteiger partial charge < -0.3 is 0 Å². The summed E-state index contributed by atoms with van der Waals surface area (Å²) in [4.78, 5) is 12.6. The minimum atomic E-state index is -0.363. The van der Waals surface area contributed by atoms with Crippen molar-refractivity contribution in [2.24, 2.45) is 5.10 Å². The third-order valence-corrected chi connectivity index (χ3v) is 4.04. The summed E-state index contributed by atoms with van der Waals surface area (Å²) in [6.07, 6.45) is 1.52. The predicted molar refractivity (Wildman–Crippen MR) is 80.9 cm³/mol. The minimum absolute atomic E-state index is 0.323. The van der Waals surface area contributed by atoms with Gasteiger partial charge in [-0.2, -0.15) is 5.10 Å². The van der Waals surface area contributed by atoms with Crippen molar-refractivity contribution in [2.45, 2.75) is 0 Å². The van der Waals surface area contributed by atoms with Gasteiger partial charge in [-0.05, 0) is 30.3 Å². The number of thiophene rings is 1. The molecule has 0 spiro atoms. The Hall–Kier alpha value is -1.07. The molecule has 19 heavy (non-hydrogen) atoms. The van der Waals surface area contributed by atoms with E-state index in [-0.39, 0.29) is 5.91 Å². The molecule has 0 saturated carbocycles. The van der Waals surface area contributed by atoms with Gasteiger partial charge in [-0.15, -0.1) is 11.3 Å². The quantitative estimate of drug-likeness (QED) is 0.653. The number of carbonyl (C=O) groups is 1. The molecule has 0 aliphatic rings. The van der Waals surface area contributed by atoms with Crippen LogP contribution in [0.2, 0.25) is 14.4 Å².